The lowest BCUT2D eigenvalue weighted by Gasteiger charge is -2.34. The maximum absolute atomic E-state index is 12.4. The van der Waals surface area contributed by atoms with Crippen LogP contribution in [0.1, 0.15) is 27.7 Å². The number of hydrogen-bond donors (Lipinski definition) is 1. The molecule has 1 aromatic rings. The molecule has 7 nitrogen and oxygen atoms in total. The van der Waals surface area contributed by atoms with Crippen LogP contribution in [0.15, 0.2) is 12.1 Å². The van der Waals surface area contributed by atoms with Gasteiger partial charge in [-0.25, -0.2) is 9.78 Å². The van der Waals surface area contributed by atoms with E-state index in [0.717, 1.165) is 0 Å². The molecule has 120 valence electrons. The highest BCUT2D eigenvalue weighted by atomic mass is 16.5. The molecular weight excluding hydrogens is 286 g/mol. The third-order valence-electron chi connectivity index (χ3n) is 3.27. The minimum atomic E-state index is -0.800. The number of pyridine rings is 1. The monoisotopic (exact) mass is 307 g/mol. The molecule has 1 aliphatic rings. The van der Waals surface area contributed by atoms with Crippen LogP contribution < -0.4 is 15.4 Å². The standard InChI is InChI=1S/C15H21N3O4/c1-8(2)7-21-15(20)9(3)18-13-11(5-6-12(16)17-13)22-10(4)14(18)19/h5-6,8-10H,7H2,1-4H3,(H2,16,17). The van der Waals surface area contributed by atoms with Crippen molar-refractivity contribution in [1.29, 1.82) is 0 Å². The molecule has 2 heterocycles. The molecular formula is C15H21N3O4. The third kappa shape index (κ3) is 3.13. The molecule has 0 saturated heterocycles. The van der Waals surface area contributed by atoms with Crippen molar-refractivity contribution in [3.8, 4) is 5.75 Å². The zero-order valence-electron chi connectivity index (χ0n) is 13.2. The van der Waals surface area contributed by atoms with Crippen LogP contribution in [0.25, 0.3) is 0 Å². The number of hydrogen-bond acceptors (Lipinski definition) is 6. The van der Waals surface area contributed by atoms with Crippen LogP contribution in [0.5, 0.6) is 5.75 Å². The molecule has 1 aliphatic heterocycles. The lowest BCUT2D eigenvalue weighted by molar-refractivity contribution is -0.147. The summed E-state index contributed by atoms with van der Waals surface area (Å²) in [4.78, 5) is 30.0. The second kappa shape index (κ2) is 6.21. The van der Waals surface area contributed by atoms with E-state index < -0.39 is 18.1 Å². The van der Waals surface area contributed by atoms with Crippen LogP contribution in [-0.4, -0.2) is 35.6 Å². The first kappa shape index (κ1) is 16.1. The molecule has 2 atom stereocenters. The van der Waals surface area contributed by atoms with Crippen LogP contribution in [-0.2, 0) is 14.3 Å². The Morgan fingerprint density at radius 2 is 2.14 bits per heavy atom. The van der Waals surface area contributed by atoms with Crippen LogP contribution >= 0.6 is 0 Å². The average Bonchev–Trinajstić information content (AvgIpc) is 2.46. The largest absolute Gasteiger partial charge is 0.477 e. The van der Waals surface area contributed by atoms with E-state index in [-0.39, 0.29) is 23.5 Å². The second-order valence-corrected chi connectivity index (χ2v) is 5.73. The molecule has 2 N–H and O–H groups in total. The van der Waals surface area contributed by atoms with Gasteiger partial charge < -0.3 is 15.2 Å². The molecule has 2 unspecified atom stereocenters. The maximum Gasteiger partial charge on any atom is 0.329 e. The van der Waals surface area contributed by atoms with Gasteiger partial charge in [0.05, 0.1) is 6.61 Å². The third-order valence-corrected chi connectivity index (χ3v) is 3.27. The van der Waals surface area contributed by atoms with E-state index in [1.165, 1.54) is 4.90 Å². The Bertz CT molecular complexity index is 588. The number of anilines is 2. The van der Waals surface area contributed by atoms with Gasteiger partial charge in [-0.2, -0.15) is 0 Å². The van der Waals surface area contributed by atoms with E-state index in [9.17, 15) is 9.59 Å². The Hall–Kier alpha value is -2.31. The van der Waals surface area contributed by atoms with E-state index in [4.69, 9.17) is 15.2 Å². The number of nitrogens with two attached hydrogens (primary N) is 1. The highest BCUT2D eigenvalue weighted by Crippen LogP contribution is 2.34. The Morgan fingerprint density at radius 1 is 1.45 bits per heavy atom. The smallest absolute Gasteiger partial charge is 0.329 e. The summed E-state index contributed by atoms with van der Waals surface area (Å²) in [5, 5.41) is 0. The van der Waals surface area contributed by atoms with Crippen molar-refractivity contribution in [3.05, 3.63) is 12.1 Å². The summed E-state index contributed by atoms with van der Waals surface area (Å²) in [6, 6.07) is 2.42. The molecule has 1 aromatic heterocycles. The highest BCUT2D eigenvalue weighted by Gasteiger charge is 2.39. The van der Waals surface area contributed by atoms with Crippen molar-refractivity contribution in [2.75, 3.05) is 17.2 Å². The van der Waals surface area contributed by atoms with Gasteiger partial charge in [0.15, 0.2) is 17.7 Å². The van der Waals surface area contributed by atoms with Crippen molar-refractivity contribution >= 4 is 23.5 Å². The van der Waals surface area contributed by atoms with Gasteiger partial charge in [0.1, 0.15) is 11.9 Å². The molecule has 2 rings (SSSR count). The summed E-state index contributed by atoms with van der Waals surface area (Å²) in [6.07, 6.45) is -0.696. The Kier molecular flexibility index (Phi) is 4.54. The molecule has 0 aliphatic carbocycles. The fourth-order valence-electron chi connectivity index (χ4n) is 2.11. The number of carbonyl (C=O) groups excluding carboxylic acids is 2. The summed E-state index contributed by atoms with van der Waals surface area (Å²) in [5.41, 5.74) is 5.68. The van der Waals surface area contributed by atoms with Crippen molar-refractivity contribution < 1.29 is 19.1 Å². The van der Waals surface area contributed by atoms with Gasteiger partial charge in [0.2, 0.25) is 0 Å². The summed E-state index contributed by atoms with van der Waals surface area (Å²) in [5.74, 6) is 0.307. The number of amides is 1. The molecule has 0 radical (unpaired) electrons. The van der Waals surface area contributed by atoms with Crippen LogP contribution in [0, 0.1) is 5.92 Å². The van der Waals surface area contributed by atoms with Gasteiger partial charge in [-0.15, -0.1) is 0 Å². The summed E-state index contributed by atoms with van der Waals surface area (Å²) < 4.78 is 10.7. The topological polar surface area (TPSA) is 94.8 Å². The zero-order valence-corrected chi connectivity index (χ0v) is 13.2. The van der Waals surface area contributed by atoms with Crippen LogP contribution in [0.3, 0.4) is 0 Å². The summed E-state index contributed by atoms with van der Waals surface area (Å²) in [7, 11) is 0. The minimum Gasteiger partial charge on any atom is -0.477 e. The summed E-state index contributed by atoms with van der Waals surface area (Å²) in [6.45, 7) is 7.41. The van der Waals surface area contributed by atoms with Gasteiger partial charge >= 0.3 is 5.97 Å². The van der Waals surface area contributed by atoms with Gasteiger partial charge in [-0.1, -0.05) is 13.8 Å². The van der Waals surface area contributed by atoms with E-state index in [1.807, 2.05) is 13.8 Å². The zero-order chi connectivity index (χ0) is 16.4. The molecule has 1 amide bonds. The van der Waals surface area contributed by atoms with E-state index in [1.54, 1.807) is 26.0 Å². The van der Waals surface area contributed by atoms with Gasteiger partial charge in [0, 0.05) is 0 Å². The lowest BCUT2D eigenvalue weighted by Crippen LogP contribution is -2.52. The highest BCUT2D eigenvalue weighted by molar-refractivity contribution is 6.03. The normalized spacial score (nSPS) is 18.7. The van der Waals surface area contributed by atoms with Crippen LogP contribution in [0.4, 0.5) is 11.6 Å². The number of fused-ring (bicyclic) bond motifs is 1. The maximum atomic E-state index is 12.4. The van der Waals surface area contributed by atoms with Gasteiger partial charge in [0.25, 0.3) is 5.91 Å². The van der Waals surface area contributed by atoms with E-state index >= 15 is 0 Å². The number of nitrogen functional groups attached to an aromatic ring is 1. The fourth-order valence-corrected chi connectivity index (χ4v) is 2.11. The molecule has 0 spiro atoms. The van der Waals surface area contributed by atoms with Crippen molar-refractivity contribution in [1.82, 2.24) is 4.98 Å². The lowest BCUT2D eigenvalue weighted by atomic mass is 10.2. The minimum absolute atomic E-state index is 0.219. The first-order valence-corrected chi connectivity index (χ1v) is 7.24. The number of ether oxygens (including phenoxy) is 2. The predicted octanol–water partition coefficient (Wildman–Crippen LogP) is 1.37. The molecule has 7 heteroatoms. The first-order chi connectivity index (χ1) is 10.3. The first-order valence-electron chi connectivity index (χ1n) is 7.24. The number of carbonyl (C=O) groups is 2. The van der Waals surface area contributed by atoms with E-state index in [0.29, 0.717) is 12.4 Å². The SMILES string of the molecule is CC(C)COC(=O)C(C)N1C(=O)C(C)Oc2ccc(N)nc21. The summed E-state index contributed by atoms with van der Waals surface area (Å²) >= 11 is 0. The molecule has 0 fully saturated rings. The van der Waals surface area contributed by atoms with Gasteiger partial charge in [-0.3, -0.25) is 9.69 Å². The fraction of sp³-hybridized carbons (Fsp3) is 0.533. The molecule has 0 saturated carbocycles. The quantitative estimate of drug-likeness (QED) is 0.844. The van der Waals surface area contributed by atoms with Crippen LogP contribution in [0.2, 0.25) is 0 Å². The van der Waals surface area contributed by atoms with Crippen molar-refractivity contribution in [3.63, 3.8) is 0 Å². The van der Waals surface area contributed by atoms with Crippen molar-refractivity contribution in [2.24, 2.45) is 5.92 Å². The molecule has 22 heavy (non-hydrogen) atoms. The number of nitrogens with zero attached hydrogens (tertiary/aromatic N) is 2. The molecule has 0 bridgehead atoms. The van der Waals surface area contributed by atoms with E-state index in [2.05, 4.69) is 4.98 Å². The predicted molar refractivity (Wildman–Crippen MR) is 81.5 cm³/mol. The molecule has 0 aromatic carbocycles. The Labute approximate surface area is 129 Å². The Morgan fingerprint density at radius 3 is 2.77 bits per heavy atom. The van der Waals surface area contributed by atoms with Crippen molar-refractivity contribution in [2.45, 2.75) is 39.8 Å². The van der Waals surface area contributed by atoms with Gasteiger partial charge in [-0.05, 0) is 31.9 Å². The Balaban J connectivity index is 2.30. The second-order valence-electron chi connectivity index (χ2n) is 5.73. The number of esters is 1. The average molecular weight is 307 g/mol. The number of aromatic nitrogens is 1. The number of rotatable bonds is 4.